The van der Waals surface area contributed by atoms with E-state index in [9.17, 15) is 13.2 Å². The fourth-order valence-electron chi connectivity index (χ4n) is 1.63. The van der Waals surface area contributed by atoms with E-state index in [-0.39, 0.29) is 12.5 Å². The molecular formula is C11H13N3O4S. The predicted octanol–water partition coefficient (Wildman–Crippen LogP) is 0.170. The van der Waals surface area contributed by atoms with Crippen molar-refractivity contribution < 1.29 is 17.4 Å². The molecule has 8 heteroatoms. The second kappa shape index (κ2) is 4.98. The van der Waals surface area contributed by atoms with Crippen LogP contribution in [0.2, 0.25) is 0 Å². The molecule has 2 heterocycles. The molecule has 7 nitrogen and oxygen atoms in total. The SMILES string of the molecule is CNC(=O)c1cccn2nc(COS(C)(=O)=O)cc12. The summed E-state index contributed by atoms with van der Waals surface area (Å²) in [6.07, 6.45) is 2.64. The van der Waals surface area contributed by atoms with Crippen molar-refractivity contribution in [2.24, 2.45) is 0 Å². The predicted molar refractivity (Wildman–Crippen MR) is 68.2 cm³/mol. The zero-order chi connectivity index (χ0) is 14.0. The van der Waals surface area contributed by atoms with Crippen molar-refractivity contribution in [1.29, 1.82) is 0 Å². The zero-order valence-corrected chi connectivity index (χ0v) is 11.3. The molecule has 0 spiro atoms. The summed E-state index contributed by atoms with van der Waals surface area (Å²) in [4.78, 5) is 11.7. The van der Waals surface area contributed by atoms with Gasteiger partial charge in [-0.2, -0.15) is 13.5 Å². The largest absolute Gasteiger partial charge is 0.355 e. The lowest BCUT2D eigenvalue weighted by molar-refractivity contribution is 0.0964. The molecule has 0 radical (unpaired) electrons. The van der Waals surface area contributed by atoms with Crippen LogP contribution in [0.4, 0.5) is 0 Å². The highest BCUT2D eigenvalue weighted by Crippen LogP contribution is 2.13. The standard InChI is InChI=1S/C11H13N3O4S/c1-12-11(15)9-4-3-5-14-10(9)6-8(13-14)7-18-19(2,16)17/h3-6H,7H2,1-2H3,(H,12,15). The average Bonchev–Trinajstić information content (AvgIpc) is 2.77. The summed E-state index contributed by atoms with van der Waals surface area (Å²) >= 11 is 0. The molecule has 19 heavy (non-hydrogen) atoms. The van der Waals surface area contributed by atoms with Crippen molar-refractivity contribution in [1.82, 2.24) is 14.9 Å². The maximum absolute atomic E-state index is 11.7. The lowest BCUT2D eigenvalue weighted by Crippen LogP contribution is -2.18. The van der Waals surface area contributed by atoms with Gasteiger partial charge in [-0.05, 0) is 18.2 Å². The minimum absolute atomic E-state index is 0.159. The second-order valence-electron chi connectivity index (χ2n) is 3.93. The summed E-state index contributed by atoms with van der Waals surface area (Å²) in [6, 6.07) is 4.97. The Morgan fingerprint density at radius 1 is 1.53 bits per heavy atom. The first-order valence-electron chi connectivity index (χ1n) is 5.44. The molecule has 2 aromatic heterocycles. The molecule has 0 fully saturated rings. The number of amides is 1. The normalized spacial score (nSPS) is 11.7. The van der Waals surface area contributed by atoms with Crippen LogP contribution < -0.4 is 5.32 Å². The van der Waals surface area contributed by atoms with E-state index in [1.165, 1.54) is 11.6 Å². The number of aromatic nitrogens is 2. The first-order chi connectivity index (χ1) is 8.90. The Balaban J connectivity index is 2.37. The lowest BCUT2D eigenvalue weighted by atomic mass is 10.2. The second-order valence-corrected chi connectivity index (χ2v) is 5.58. The summed E-state index contributed by atoms with van der Waals surface area (Å²) in [7, 11) is -1.98. The number of fused-ring (bicyclic) bond motifs is 1. The molecule has 1 amide bonds. The molecule has 1 N–H and O–H groups in total. The Hall–Kier alpha value is -1.93. The van der Waals surface area contributed by atoms with E-state index in [4.69, 9.17) is 0 Å². The van der Waals surface area contributed by atoms with Gasteiger partial charge in [-0.3, -0.25) is 8.98 Å². The third-order valence-electron chi connectivity index (χ3n) is 2.45. The van der Waals surface area contributed by atoms with E-state index in [0.717, 1.165) is 6.26 Å². The first kappa shape index (κ1) is 13.5. The number of carbonyl (C=O) groups excluding carboxylic acids is 1. The van der Waals surface area contributed by atoms with Crippen molar-refractivity contribution in [3.63, 3.8) is 0 Å². The highest BCUT2D eigenvalue weighted by Gasteiger charge is 2.12. The Bertz CT molecular complexity index is 721. The number of nitrogens with zero attached hydrogens (tertiary/aromatic N) is 2. The van der Waals surface area contributed by atoms with Crippen molar-refractivity contribution in [3.8, 4) is 0 Å². The molecule has 0 atom stereocenters. The number of nitrogens with one attached hydrogen (secondary N) is 1. The summed E-state index contributed by atoms with van der Waals surface area (Å²) < 4.78 is 28.0. The van der Waals surface area contributed by atoms with Crippen LogP contribution in [0.1, 0.15) is 16.1 Å². The van der Waals surface area contributed by atoms with Gasteiger partial charge in [-0.15, -0.1) is 0 Å². The third kappa shape index (κ3) is 3.09. The average molecular weight is 283 g/mol. The minimum Gasteiger partial charge on any atom is -0.355 e. The molecule has 0 bridgehead atoms. The monoisotopic (exact) mass is 283 g/mol. The Morgan fingerprint density at radius 2 is 2.26 bits per heavy atom. The van der Waals surface area contributed by atoms with Crippen LogP contribution in [0.25, 0.3) is 5.52 Å². The van der Waals surface area contributed by atoms with Gasteiger partial charge in [-0.1, -0.05) is 0 Å². The number of rotatable bonds is 4. The van der Waals surface area contributed by atoms with Gasteiger partial charge in [0.1, 0.15) is 6.61 Å². The fraction of sp³-hybridized carbons (Fsp3) is 0.273. The molecule has 2 aromatic rings. The molecule has 0 saturated carbocycles. The molecule has 0 aliphatic rings. The highest BCUT2D eigenvalue weighted by molar-refractivity contribution is 7.85. The van der Waals surface area contributed by atoms with E-state index in [1.54, 1.807) is 24.4 Å². The highest BCUT2D eigenvalue weighted by atomic mass is 32.2. The minimum atomic E-state index is -3.52. The van der Waals surface area contributed by atoms with Crippen LogP contribution >= 0.6 is 0 Å². The van der Waals surface area contributed by atoms with E-state index < -0.39 is 10.1 Å². The maximum atomic E-state index is 11.7. The molecule has 0 aromatic carbocycles. The Kier molecular flexibility index (Phi) is 3.54. The first-order valence-corrected chi connectivity index (χ1v) is 7.26. The van der Waals surface area contributed by atoms with E-state index >= 15 is 0 Å². The maximum Gasteiger partial charge on any atom is 0.264 e. The summed E-state index contributed by atoms with van der Waals surface area (Å²) in [5.41, 5.74) is 1.49. The fourth-order valence-corrected chi connectivity index (χ4v) is 1.97. The molecule has 0 aliphatic heterocycles. The van der Waals surface area contributed by atoms with Gasteiger partial charge in [0.15, 0.2) is 0 Å². The molecule has 102 valence electrons. The number of hydrogen-bond acceptors (Lipinski definition) is 5. The van der Waals surface area contributed by atoms with Gasteiger partial charge in [0.2, 0.25) is 0 Å². The van der Waals surface area contributed by atoms with Gasteiger partial charge in [0.05, 0.1) is 23.0 Å². The number of pyridine rings is 1. The number of hydrogen-bond donors (Lipinski definition) is 1. The van der Waals surface area contributed by atoms with E-state index in [1.807, 2.05) is 0 Å². The van der Waals surface area contributed by atoms with Gasteiger partial charge in [0, 0.05) is 13.2 Å². The number of carbonyl (C=O) groups is 1. The lowest BCUT2D eigenvalue weighted by Gasteiger charge is -2.00. The van der Waals surface area contributed by atoms with Crippen LogP contribution in [-0.4, -0.2) is 37.2 Å². The van der Waals surface area contributed by atoms with Crippen molar-refractivity contribution in [3.05, 3.63) is 35.7 Å². The molecule has 0 unspecified atom stereocenters. The summed E-state index contributed by atoms with van der Waals surface area (Å²) in [5.74, 6) is -0.235. The van der Waals surface area contributed by atoms with Crippen molar-refractivity contribution >= 4 is 21.5 Å². The van der Waals surface area contributed by atoms with E-state index in [0.29, 0.717) is 16.8 Å². The van der Waals surface area contributed by atoms with Gasteiger partial charge in [-0.25, -0.2) is 4.52 Å². The van der Waals surface area contributed by atoms with Crippen molar-refractivity contribution in [2.75, 3.05) is 13.3 Å². The molecule has 0 saturated heterocycles. The third-order valence-corrected chi connectivity index (χ3v) is 2.99. The smallest absolute Gasteiger partial charge is 0.264 e. The molecule has 2 rings (SSSR count). The topological polar surface area (TPSA) is 89.8 Å². The Labute approximate surface area is 110 Å². The van der Waals surface area contributed by atoms with Crippen LogP contribution in [-0.2, 0) is 20.9 Å². The van der Waals surface area contributed by atoms with Crippen LogP contribution in [0.3, 0.4) is 0 Å². The van der Waals surface area contributed by atoms with Gasteiger partial charge in [0.25, 0.3) is 16.0 Å². The summed E-state index contributed by atoms with van der Waals surface area (Å²) in [5, 5.41) is 6.67. The van der Waals surface area contributed by atoms with E-state index in [2.05, 4.69) is 14.6 Å². The Morgan fingerprint density at radius 3 is 2.89 bits per heavy atom. The quantitative estimate of drug-likeness (QED) is 0.808. The van der Waals surface area contributed by atoms with Gasteiger partial charge < -0.3 is 5.32 Å². The van der Waals surface area contributed by atoms with Crippen LogP contribution in [0.5, 0.6) is 0 Å². The van der Waals surface area contributed by atoms with Crippen LogP contribution in [0, 0.1) is 0 Å². The zero-order valence-electron chi connectivity index (χ0n) is 10.5. The molecular weight excluding hydrogens is 270 g/mol. The molecule has 0 aliphatic carbocycles. The summed E-state index contributed by atoms with van der Waals surface area (Å²) in [6.45, 7) is -0.159. The van der Waals surface area contributed by atoms with Gasteiger partial charge >= 0.3 is 0 Å². The van der Waals surface area contributed by atoms with Crippen LogP contribution in [0.15, 0.2) is 24.4 Å². The van der Waals surface area contributed by atoms with Crippen molar-refractivity contribution in [2.45, 2.75) is 6.61 Å².